The summed E-state index contributed by atoms with van der Waals surface area (Å²) in [6, 6.07) is 3.74. The normalized spacial score (nSPS) is 13.0. The van der Waals surface area contributed by atoms with E-state index in [-0.39, 0.29) is 31.2 Å². The lowest BCUT2D eigenvalue weighted by molar-refractivity contribution is -0.143. The van der Waals surface area contributed by atoms with Gasteiger partial charge in [-0.15, -0.1) is 0 Å². The van der Waals surface area contributed by atoms with Gasteiger partial charge in [0.15, 0.2) is 0 Å². The molecule has 1 rings (SSSR count). The maximum absolute atomic E-state index is 13.9. The molecule has 0 aromatic heterocycles. The van der Waals surface area contributed by atoms with Crippen molar-refractivity contribution in [3.05, 3.63) is 29.8 Å². The second kappa shape index (κ2) is 14.3. The first-order valence-electron chi connectivity index (χ1n) is 12.4. The number of amides is 4. The molecule has 0 heterocycles. The highest BCUT2D eigenvalue weighted by Crippen LogP contribution is 2.27. The summed E-state index contributed by atoms with van der Waals surface area (Å²) in [5.41, 5.74) is 4.94. The van der Waals surface area contributed by atoms with E-state index in [0.29, 0.717) is 12.0 Å². The molecule has 2 atom stereocenters. The van der Waals surface area contributed by atoms with E-state index in [1.165, 1.54) is 17.0 Å². The highest BCUT2D eigenvalue weighted by Gasteiger charge is 2.36. The van der Waals surface area contributed by atoms with Crippen LogP contribution in [0.2, 0.25) is 0 Å². The van der Waals surface area contributed by atoms with E-state index in [4.69, 9.17) is 10.5 Å². The van der Waals surface area contributed by atoms with Gasteiger partial charge in [-0.25, -0.2) is 4.79 Å². The number of primary amides is 1. The summed E-state index contributed by atoms with van der Waals surface area (Å²) in [5, 5.41) is 15.5. The number of alkyl carbamates (subject to hydrolysis) is 1. The van der Waals surface area contributed by atoms with Gasteiger partial charge in [0.25, 0.3) is 0 Å². The van der Waals surface area contributed by atoms with Gasteiger partial charge in [-0.05, 0) is 65.2 Å². The lowest BCUT2D eigenvalue weighted by Crippen LogP contribution is -2.54. The predicted molar refractivity (Wildman–Crippen MR) is 137 cm³/mol. The van der Waals surface area contributed by atoms with Gasteiger partial charge in [-0.3, -0.25) is 14.4 Å². The van der Waals surface area contributed by atoms with Crippen molar-refractivity contribution >= 4 is 23.8 Å². The van der Waals surface area contributed by atoms with Gasteiger partial charge in [0.1, 0.15) is 23.4 Å². The fourth-order valence-electron chi connectivity index (χ4n) is 3.62. The lowest BCUT2D eigenvalue weighted by Gasteiger charge is -2.35. The Kier molecular flexibility index (Phi) is 12.2. The zero-order valence-corrected chi connectivity index (χ0v) is 22.3. The van der Waals surface area contributed by atoms with Gasteiger partial charge in [-0.1, -0.05) is 31.9 Å². The monoisotopic (exact) mass is 506 g/mol. The van der Waals surface area contributed by atoms with Crippen LogP contribution in [0.5, 0.6) is 5.75 Å². The number of phenolic OH excluding ortho intramolecular Hbond substituents is 1. The van der Waals surface area contributed by atoms with Crippen LogP contribution >= 0.6 is 0 Å². The Bertz CT molecular complexity index is 897. The van der Waals surface area contributed by atoms with Crippen LogP contribution in [-0.2, 0) is 19.1 Å². The molecule has 5 N–H and O–H groups in total. The number of nitrogens with two attached hydrogens (primary N) is 1. The Balaban J connectivity index is 3.48. The topological polar surface area (TPSA) is 151 Å². The van der Waals surface area contributed by atoms with E-state index in [0.717, 1.165) is 12.8 Å². The van der Waals surface area contributed by atoms with Gasteiger partial charge < -0.3 is 31.1 Å². The third kappa shape index (κ3) is 11.0. The van der Waals surface area contributed by atoms with Gasteiger partial charge in [-0.2, -0.15) is 0 Å². The number of nitrogens with zero attached hydrogens (tertiary/aromatic N) is 1. The summed E-state index contributed by atoms with van der Waals surface area (Å²) < 4.78 is 5.32. The number of hydrogen-bond acceptors (Lipinski definition) is 6. The number of carbonyl (C=O) groups excluding carboxylic acids is 4. The number of rotatable bonds is 13. The molecule has 0 aliphatic rings. The molecule has 0 aliphatic heterocycles. The molecular weight excluding hydrogens is 464 g/mol. The van der Waals surface area contributed by atoms with E-state index in [9.17, 15) is 24.3 Å². The second-order valence-corrected chi connectivity index (χ2v) is 10.1. The van der Waals surface area contributed by atoms with Crippen molar-refractivity contribution in [2.45, 2.75) is 97.4 Å². The molecule has 0 saturated heterocycles. The maximum Gasteiger partial charge on any atom is 0.408 e. The molecule has 1 aromatic rings. The standard InChI is InChI=1S/C26H42N4O6/c1-7-8-9-15-30(22(23(33)28-17(2)3)18-11-10-12-19(31)16-18)24(34)20(13-14-21(27)32)29-25(35)36-26(4,5)6/h10-12,16-17,20,22,31H,7-9,13-15H2,1-6H3,(H2,27,32)(H,28,33)(H,29,35). The SMILES string of the molecule is CCCCCN(C(=O)C(CCC(N)=O)NC(=O)OC(C)(C)C)C(C(=O)NC(C)C)c1cccc(O)c1. The van der Waals surface area contributed by atoms with Crippen LogP contribution in [0.3, 0.4) is 0 Å². The maximum atomic E-state index is 13.9. The molecule has 0 bridgehead atoms. The van der Waals surface area contributed by atoms with Crippen molar-refractivity contribution in [1.82, 2.24) is 15.5 Å². The van der Waals surface area contributed by atoms with Crippen molar-refractivity contribution in [1.29, 1.82) is 0 Å². The number of carbonyl (C=O) groups is 4. The molecule has 0 saturated carbocycles. The minimum Gasteiger partial charge on any atom is -0.508 e. The number of benzene rings is 1. The highest BCUT2D eigenvalue weighted by molar-refractivity contribution is 5.92. The smallest absolute Gasteiger partial charge is 0.408 e. The third-order valence-electron chi connectivity index (χ3n) is 5.13. The number of phenols is 1. The molecule has 0 radical (unpaired) electrons. The van der Waals surface area contributed by atoms with Crippen LogP contribution in [0.4, 0.5) is 4.79 Å². The average Bonchev–Trinajstić information content (AvgIpc) is 2.73. The number of nitrogens with one attached hydrogen (secondary N) is 2. The van der Waals surface area contributed by atoms with Crippen LogP contribution < -0.4 is 16.4 Å². The van der Waals surface area contributed by atoms with E-state index in [1.54, 1.807) is 46.8 Å². The number of unbranched alkanes of at least 4 members (excludes halogenated alkanes) is 2. The van der Waals surface area contributed by atoms with E-state index in [2.05, 4.69) is 10.6 Å². The average molecular weight is 507 g/mol. The highest BCUT2D eigenvalue weighted by atomic mass is 16.6. The molecule has 0 spiro atoms. The molecule has 36 heavy (non-hydrogen) atoms. The minimum absolute atomic E-state index is 0.0482. The molecule has 10 nitrogen and oxygen atoms in total. The van der Waals surface area contributed by atoms with Gasteiger partial charge >= 0.3 is 6.09 Å². The van der Waals surface area contributed by atoms with Crippen LogP contribution in [0.25, 0.3) is 0 Å². The Morgan fingerprint density at radius 3 is 2.31 bits per heavy atom. The van der Waals surface area contributed by atoms with E-state index in [1.807, 2.05) is 6.92 Å². The molecule has 202 valence electrons. The second-order valence-electron chi connectivity index (χ2n) is 10.1. The predicted octanol–water partition coefficient (Wildman–Crippen LogP) is 3.14. The summed E-state index contributed by atoms with van der Waals surface area (Å²) in [6.45, 7) is 10.9. The molecule has 2 unspecified atom stereocenters. The Labute approximate surface area is 213 Å². The van der Waals surface area contributed by atoms with Crippen molar-refractivity contribution in [3.8, 4) is 5.75 Å². The Morgan fingerprint density at radius 1 is 1.11 bits per heavy atom. The zero-order valence-electron chi connectivity index (χ0n) is 22.3. The fourth-order valence-corrected chi connectivity index (χ4v) is 3.62. The van der Waals surface area contributed by atoms with Crippen LogP contribution in [0, 0.1) is 0 Å². The van der Waals surface area contributed by atoms with Crippen molar-refractivity contribution in [3.63, 3.8) is 0 Å². The zero-order chi connectivity index (χ0) is 27.5. The molecule has 1 aromatic carbocycles. The summed E-state index contributed by atoms with van der Waals surface area (Å²) in [5.74, 6) is -1.65. The van der Waals surface area contributed by atoms with Crippen LogP contribution in [-0.4, -0.2) is 58.1 Å². The summed E-state index contributed by atoms with van der Waals surface area (Å²) in [7, 11) is 0. The van der Waals surface area contributed by atoms with Crippen molar-refractivity contribution in [2.75, 3.05) is 6.54 Å². The fraction of sp³-hybridized carbons (Fsp3) is 0.615. The van der Waals surface area contributed by atoms with Crippen LogP contribution in [0.15, 0.2) is 24.3 Å². The van der Waals surface area contributed by atoms with Gasteiger partial charge in [0, 0.05) is 19.0 Å². The minimum atomic E-state index is -1.15. The lowest BCUT2D eigenvalue weighted by atomic mass is 10.0. The van der Waals surface area contributed by atoms with Gasteiger partial charge in [0.2, 0.25) is 17.7 Å². The number of ether oxygens (including phenoxy) is 1. The largest absolute Gasteiger partial charge is 0.508 e. The first kappa shape index (κ1) is 30.7. The van der Waals surface area contributed by atoms with Gasteiger partial charge in [0.05, 0.1) is 0 Å². The first-order chi connectivity index (χ1) is 16.7. The third-order valence-corrected chi connectivity index (χ3v) is 5.13. The van der Waals surface area contributed by atoms with Crippen molar-refractivity contribution in [2.24, 2.45) is 5.73 Å². The van der Waals surface area contributed by atoms with E-state index >= 15 is 0 Å². The summed E-state index contributed by atoms with van der Waals surface area (Å²) >= 11 is 0. The summed E-state index contributed by atoms with van der Waals surface area (Å²) in [4.78, 5) is 52.7. The molecule has 0 fully saturated rings. The van der Waals surface area contributed by atoms with Crippen molar-refractivity contribution < 1.29 is 29.0 Å². The number of aromatic hydroxyl groups is 1. The van der Waals surface area contributed by atoms with E-state index < -0.39 is 41.5 Å². The quantitative estimate of drug-likeness (QED) is 0.302. The summed E-state index contributed by atoms with van der Waals surface area (Å²) in [6.07, 6.45) is 1.28. The molecule has 4 amide bonds. The Hall–Kier alpha value is -3.30. The molecular formula is C26H42N4O6. The first-order valence-corrected chi connectivity index (χ1v) is 12.4. The number of hydrogen-bond donors (Lipinski definition) is 4. The van der Waals surface area contributed by atoms with Crippen LogP contribution in [0.1, 0.15) is 85.3 Å². The Morgan fingerprint density at radius 2 is 1.78 bits per heavy atom. The molecule has 10 heteroatoms. The molecule has 0 aliphatic carbocycles.